The molecule has 0 saturated carbocycles. The van der Waals surface area contributed by atoms with E-state index in [1.807, 2.05) is 6.07 Å². The second-order valence-corrected chi connectivity index (χ2v) is 4.43. The van der Waals surface area contributed by atoms with Crippen molar-refractivity contribution in [1.29, 1.82) is 0 Å². The van der Waals surface area contributed by atoms with Crippen LogP contribution in [0.4, 0.5) is 0 Å². The van der Waals surface area contributed by atoms with Crippen LogP contribution in [0.15, 0.2) is 30.3 Å². The molecular formula is C15H26N2. The van der Waals surface area contributed by atoms with Crippen molar-refractivity contribution in [3.05, 3.63) is 35.9 Å². The summed E-state index contributed by atoms with van der Waals surface area (Å²) >= 11 is 0. The first-order chi connectivity index (χ1) is 8.36. The van der Waals surface area contributed by atoms with E-state index < -0.39 is 0 Å². The van der Waals surface area contributed by atoms with Crippen LogP contribution in [0.25, 0.3) is 0 Å². The molecule has 1 aromatic rings. The third-order valence-electron chi connectivity index (χ3n) is 3.00. The van der Waals surface area contributed by atoms with Crippen molar-refractivity contribution < 1.29 is 0 Å². The highest BCUT2D eigenvalue weighted by Gasteiger charge is 2.06. The van der Waals surface area contributed by atoms with E-state index in [0.29, 0.717) is 0 Å². The molecule has 1 heterocycles. The zero-order valence-corrected chi connectivity index (χ0v) is 11.3. The molecule has 0 bridgehead atoms. The fourth-order valence-corrected chi connectivity index (χ4v) is 1.96. The Morgan fingerprint density at radius 3 is 2.18 bits per heavy atom. The van der Waals surface area contributed by atoms with Gasteiger partial charge in [0.25, 0.3) is 0 Å². The average molecular weight is 234 g/mol. The van der Waals surface area contributed by atoms with Gasteiger partial charge in [0, 0.05) is 26.2 Å². The molecule has 2 nitrogen and oxygen atoms in total. The molecule has 17 heavy (non-hydrogen) atoms. The summed E-state index contributed by atoms with van der Waals surface area (Å²) in [5, 5.41) is 3.33. The summed E-state index contributed by atoms with van der Waals surface area (Å²) < 4.78 is 0. The smallest absolute Gasteiger partial charge is 0.0107 e. The fraction of sp³-hybridized carbons (Fsp3) is 0.600. The van der Waals surface area contributed by atoms with Gasteiger partial charge in [-0.1, -0.05) is 44.2 Å². The number of nitrogens with one attached hydrogen (secondary N) is 1. The van der Waals surface area contributed by atoms with E-state index in [-0.39, 0.29) is 0 Å². The number of nitrogens with zero attached hydrogens (tertiary/aromatic N) is 1. The summed E-state index contributed by atoms with van der Waals surface area (Å²) in [7, 11) is 0. The summed E-state index contributed by atoms with van der Waals surface area (Å²) in [4.78, 5) is 2.51. The molecule has 2 rings (SSSR count). The number of rotatable bonds is 3. The Balaban J connectivity index is 0.000000171. The van der Waals surface area contributed by atoms with Gasteiger partial charge in [-0.2, -0.15) is 0 Å². The van der Waals surface area contributed by atoms with Crippen LogP contribution in [0.2, 0.25) is 0 Å². The summed E-state index contributed by atoms with van der Waals surface area (Å²) in [6, 6.07) is 10.5. The molecule has 1 fully saturated rings. The Morgan fingerprint density at radius 1 is 1.06 bits per heavy atom. The van der Waals surface area contributed by atoms with E-state index in [4.69, 9.17) is 0 Å². The molecule has 0 atom stereocenters. The minimum absolute atomic E-state index is 1.14. The summed E-state index contributed by atoms with van der Waals surface area (Å²) in [6.07, 6.45) is 2.43. The number of piperazine rings is 1. The molecule has 1 aromatic carbocycles. The normalized spacial score (nSPS) is 16.1. The van der Waals surface area contributed by atoms with E-state index in [9.17, 15) is 0 Å². The molecule has 0 radical (unpaired) electrons. The van der Waals surface area contributed by atoms with Gasteiger partial charge in [-0.05, 0) is 24.9 Å². The molecule has 2 heteroatoms. The molecule has 0 aliphatic carbocycles. The highest BCUT2D eigenvalue weighted by molar-refractivity contribution is 5.13. The lowest BCUT2D eigenvalue weighted by molar-refractivity contribution is 0.241. The third kappa shape index (κ3) is 6.44. The number of benzene rings is 1. The Hall–Kier alpha value is -0.860. The van der Waals surface area contributed by atoms with E-state index in [1.54, 1.807) is 0 Å². The van der Waals surface area contributed by atoms with Crippen LogP contribution < -0.4 is 5.32 Å². The van der Waals surface area contributed by atoms with Crippen molar-refractivity contribution in [3.8, 4) is 0 Å². The maximum absolute atomic E-state index is 3.33. The Bertz CT molecular complexity index is 263. The van der Waals surface area contributed by atoms with Crippen LogP contribution in [0.5, 0.6) is 0 Å². The molecule has 0 aromatic heterocycles. The predicted octanol–water partition coefficient (Wildman–Crippen LogP) is 2.55. The van der Waals surface area contributed by atoms with E-state index in [2.05, 4.69) is 48.3 Å². The molecule has 1 saturated heterocycles. The maximum atomic E-state index is 3.33. The van der Waals surface area contributed by atoms with Crippen molar-refractivity contribution in [1.82, 2.24) is 10.2 Å². The van der Waals surface area contributed by atoms with E-state index in [1.165, 1.54) is 44.7 Å². The highest BCUT2D eigenvalue weighted by atomic mass is 15.2. The number of hydrogen-bond acceptors (Lipinski definition) is 2. The minimum atomic E-state index is 1.14. The van der Waals surface area contributed by atoms with Gasteiger partial charge in [0.2, 0.25) is 0 Å². The Labute approximate surface area is 106 Å². The monoisotopic (exact) mass is 234 g/mol. The van der Waals surface area contributed by atoms with Crippen molar-refractivity contribution in [2.24, 2.45) is 0 Å². The van der Waals surface area contributed by atoms with Crippen LogP contribution in [-0.4, -0.2) is 37.6 Å². The second kappa shape index (κ2) is 9.20. The first-order valence-corrected chi connectivity index (χ1v) is 6.83. The standard InChI is InChI=1S/C8H10.C7H16N2/c1-2-8-6-4-3-5-7-8;1-2-5-9-6-3-8-4-7-9/h3-7H,2H2,1H3;8H,2-7H2,1H3. The summed E-state index contributed by atoms with van der Waals surface area (Å²) in [6.45, 7) is 10.5. The molecule has 1 aliphatic rings. The SMILES string of the molecule is CCCN1CCNCC1.CCc1ccccc1. The Kier molecular flexibility index (Phi) is 7.69. The van der Waals surface area contributed by atoms with Crippen LogP contribution in [0.3, 0.4) is 0 Å². The van der Waals surface area contributed by atoms with Crippen LogP contribution >= 0.6 is 0 Å². The summed E-state index contributed by atoms with van der Waals surface area (Å²) in [5.74, 6) is 0. The molecule has 96 valence electrons. The van der Waals surface area contributed by atoms with Gasteiger partial charge < -0.3 is 10.2 Å². The van der Waals surface area contributed by atoms with Gasteiger partial charge >= 0.3 is 0 Å². The molecule has 1 aliphatic heterocycles. The fourth-order valence-electron chi connectivity index (χ4n) is 1.96. The third-order valence-corrected chi connectivity index (χ3v) is 3.00. The first-order valence-electron chi connectivity index (χ1n) is 6.83. The molecule has 0 amide bonds. The molecule has 1 N–H and O–H groups in total. The zero-order valence-electron chi connectivity index (χ0n) is 11.3. The second-order valence-electron chi connectivity index (χ2n) is 4.43. The van der Waals surface area contributed by atoms with Crippen molar-refractivity contribution in [2.75, 3.05) is 32.7 Å². The quantitative estimate of drug-likeness (QED) is 0.864. The number of aryl methyl sites for hydroxylation is 1. The van der Waals surface area contributed by atoms with Gasteiger partial charge in [0.1, 0.15) is 0 Å². The van der Waals surface area contributed by atoms with Crippen molar-refractivity contribution in [2.45, 2.75) is 26.7 Å². The van der Waals surface area contributed by atoms with Gasteiger partial charge in [-0.25, -0.2) is 0 Å². The maximum Gasteiger partial charge on any atom is 0.0107 e. The lowest BCUT2D eigenvalue weighted by Gasteiger charge is -2.26. The lowest BCUT2D eigenvalue weighted by Crippen LogP contribution is -2.43. The zero-order chi connectivity index (χ0) is 12.3. The van der Waals surface area contributed by atoms with Crippen LogP contribution in [0, 0.1) is 0 Å². The van der Waals surface area contributed by atoms with E-state index >= 15 is 0 Å². The largest absolute Gasteiger partial charge is 0.314 e. The molecule has 0 unspecified atom stereocenters. The van der Waals surface area contributed by atoms with Gasteiger partial charge in [0.15, 0.2) is 0 Å². The summed E-state index contributed by atoms with van der Waals surface area (Å²) in [5.41, 5.74) is 1.41. The minimum Gasteiger partial charge on any atom is -0.314 e. The Morgan fingerprint density at radius 2 is 1.71 bits per heavy atom. The topological polar surface area (TPSA) is 15.3 Å². The van der Waals surface area contributed by atoms with Crippen LogP contribution in [-0.2, 0) is 6.42 Å². The predicted molar refractivity (Wildman–Crippen MR) is 75.4 cm³/mol. The van der Waals surface area contributed by atoms with Crippen molar-refractivity contribution in [3.63, 3.8) is 0 Å². The van der Waals surface area contributed by atoms with Gasteiger partial charge in [0.05, 0.1) is 0 Å². The average Bonchev–Trinajstić information content (AvgIpc) is 2.42. The molecular weight excluding hydrogens is 208 g/mol. The van der Waals surface area contributed by atoms with Gasteiger partial charge in [-0.15, -0.1) is 0 Å². The lowest BCUT2D eigenvalue weighted by atomic mass is 10.2. The number of hydrogen-bond donors (Lipinski definition) is 1. The molecule has 0 spiro atoms. The van der Waals surface area contributed by atoms with Crippen molar-refractivity contribution >= 4 is 0 Å². The van der Waals surface area contributed by atoms with Gasteiger partial charge in [-0.3, -0.25) is 0 Å². The van der Waals surface area contributed by atoms with Crippen LogP contribution in [0.1, 0.15) is 25.8 Å². The highest BCUT2D eigenvalue weighted by Crippen LogP contribution is 1.96. The first kappa shape index (κ1) is 14.2. The van der Waals surface area contributed by atoms with E-state index in [0.717, 1.165) is 6.42 Å².